The molecule has 0 heterocycles. The molecule has 0 aromatic heterocycles. The van der Waals surface area contributed by atoms with Crippen molar-refractivity contribution in [1.82, 2.24) is 0 Å². The van der Waals surface area contributed by atoms with Crippen molar-refractivity contribution in [2.24, 2.45) is 0 Å². The summed E-state index contributed by atoms with van der Waals surface area (Å²) in [5.74, 6) is 0.549. The highest BCUT2D eigenvalue weighted by Gasteiger charge is 2.23. The van der Waals surface area contributed by atoms with E-state index < -0.39 is 0 Å². The van der Waals surface area contributed by atoms with Gasteiger partial charge in [-0.3, -0.25) is 0 Å². The van der Waals surface area contributed by atoms with Gasteiger partial charge in [0.1, 0.15) is 0 Å². The van der Waals surface area contributed by atoms with Gasteiger partial charge in [0.25, 0.3) is 0 Å². The highest BCUT2D eigenvalue weighted by Crippen LogP contribution is 2.46. The summed E-state index contributed by atoms with van der Waals surface area (Å²) >= 11 is 0. The van der Waals surface area contributed by atoms with Crippen LogP contribution in [0, 0.1) is 0 Å². The number of benzene rings is 1. The molecule has 26 heavy (non-hydrogen) atoms. The van der Waals surface area contributed by atoms with Gasteiger partial charge >= 0.3 is 0 Å². The minimum absolute atomic E-state index is 0.0426. The Bertz CT molecular complexity index is 523. The summed E-state index contributed by atoms with van der Waals surface area (Å²) in [5.41, 5.74) is 3.32. The topological polar surface area (TPSA) is 49.7 Å². The summed E-state index contributed by atoms with van der Waals surface area (Å²) in [6, 6.07) is 0. The number of hydrogen-bond acceptors (Lipinski definition) is 3. The molecule has 0 fully saturated rings. The zero-order chi connectivity index (χ0) is 19.4. The van der Waals surface area contributed by atoms with Crippen LogP contribution in [0.25, 0.3) is 0 Å². The summed E-state index contributed by atoms with van der Waals surface area (Å²) in [7, 11) is 0. The van der Waals surface area contributed by atoms with Gasteiger partial charge in [-0.2, -0.15) is 0 Å². The molecule has 0 unspecified atom stereocenters. The van der Waals surface area contributed by atoms with Crippen molar-refractivity contribution < 1.29 is 14.9 Å². The molecule has 1 aromatic carbocycles. The average molecular weight is 365 g/mol. The molecule has 0 spiro atoms. The molecule has 0 saturated carbocycles. The number of phenolic OH excluding ortho intramolecular Hbond substituents is 2. The second-order valence-electron chi connectivity index (χ2n) is 7.33. The van der Waals surface area contributed by atoms with Crippen LogP contribution in [-0.4, -0.2) is 16.8 Å². The van der Waals surface area contributed by atoms with Crippen molar-refractivity contribution in [2.75, 3.05) is 6.61 Å². The van der Waals surface area contributed by atoms with Crippen LogP contribution in [0.4, 0.5) is 0 Å². The van der Waals surface area contributed by atoms with Crippen LogP contribution in [0.2, 0.25) is 0 Å². The summed E-state index contributed by atoms with van der Waals surface area (Å²) in [6.07, 6.45) is 12.4. The third-order valence-electron chi connectivity index (χ3n) is 5.06. The fraction of sp³-hybridized carbons (Fsp3) is 0.739. The molecule has 3 nitrogen and oxygen atoms in total. The summed E-state index contributed by atoms with van der Waals surface area (Å²) in [6.45, 7) is 9.31. The van der Waals surface area contributed by atoms with Gasteiger partial charge in [0.15, 0.2) is 11.5 Å². The minimum Gasteiger partial charge on any atom is -0.504 e. The van der Waals surface area contributed by atoms with Crippen LogP contribution in [0.5, 0.6) is 17.2 Å². The molecule has 0 aliphatic heterocycles. The molecule has 1 rings (SSSR count). The van der Waals surface area contributed by atoms with Crippen molar-refractivity contribution in [2.45, 2.75) is 105 Å². The Hall–Kier alpha value is -1.38. The van der Waals surface area contributed by atoms with Gasteiger partial charge in [0.2, 0.25) is 5.75 Å². The lowest BCUT2D eigenvalue weighted by Gasteiger charge is -2.22. The molecule has 0 saturated heterocycles. The van der Waals surface area contributed by atoms with E-state index in [1.165, 1.54) is 5.56 Å². The molecule has 0 aliphatic rings. The third-order valence-corrected chi connectivity index (χ3v) is 5.06. The van der Waals surface area contributed by atoms with Gasteiger partial charge in [0, 0.05) is 11.1 Å². The number of ether oxygens (including phenoxy) is 1. The standard InChI is InChI=1S/C23H40O3/c1-5-9-13-17-26-23-20(16-12-8-4)18(14-10-6-2)19(15-11-7-3)21(24)22(23)25/h24-25H,5-17H2,1-4H3. The predicted octanol–water partition coefficient (Wildman–Crippen LogP) is 6.69. The maximum atomic E-state index is 10.7. The van der Waals surface area contributed by atoms with E-state index in [1.54, 1.807) is 0 Å². The smallest absolute Gasteiger partial charge is 0.201 e. The zero-order valence-electron chi connectivity index (χ0n) is 17.5. The largest absolute Gasteiger partial charge is 0.504 e. The van der Waals surface area contributed by atoms with Crippen molar-refractivity contribution in [1.29, 1.82) is 0 Å². The monoisotopic (exact) mass is 364 g/mol. The lowest BCUT2D eigenvalue weighted by atomic mass is 9.89. The molecule has 0 bridgehead atoms. The maximum absolute atomic E-state index is 10.7. The Labute approximate surface area is 160 Å². The molecule has 0 atom stereocenters. The van der Waals surface area contributed by atoms with Crippen molar-refractivity contribution in [3.05, 3.63) is 16.7 Å². The van der Waals surface area contributed by atoms with Crippen LogP contribution >= 0.6 is 0 Å². The Morgan fingerprint density at radius 1 is 0.577 bits per heavy atom. The molecule has 1 aromatic rings. The number of phenols is 2. The summed E-state index contributed by atoms with van der Waals surface area (Å²) in [4.78, 5) is 0. The quantitative estimate of drug-likeness (QED) is 0.285. The van der Waals surface area contributed by atoms with E-state index in [-0.39, 0.29) is 11.5 Å². The molecule has 150 valence electrons. The van der Waals surface area contributed by atoms with Crippen LogP contribution in [0.15, 0.2) is 0 Å². The average Bonchev–Trinajstić information content (AvgIpc) is 2.65. The molecule has 0 aliphatic carbocycles. The first-order chi connectivity index (χ1) is 12.6. The Morgan fingerprint density at radius 2 is 1.08 bits per heavy atom. The first-order valence-electron chi connectivity index (χ1n) is 10.8. The fourth-order valence-corrected chi connectivity index (χ4v) is 3.43. The first-order valence-corrected chi connectivity index (χ1v) is 10.8. The van der Waals surface area contributed by atoms with E-state index in [2.05, 4.69) is 27.7 Å². The second kappa shape index (κ2) is 12.9. The van der Waals surface area contributed by atoms with E-state index in [9.17, 15) is 10.2 Å². The van der Waals surface area contributed by atoms with Crippen molar-refractivity contribution >= 4 is 0 Å². The van der Waals surface area contributed by atoms with Gasteiger partial charge < -0.3 is 14.9 Å². The molecule has 2 N–H and O–H groups in total. The van der Waals surface area contributed by atoms with Gasteiger partial charge in [-0.05, 0) is 50.5 Å². The van der Waals surface area contributed by atoms with Crippen LogP contribution in [0.3, 0.4) is 0 Å². The van der Waals surface area contributed by atoms with Gasteiger partial charge in [-0.25, -0.2) is 0 Å². The summed E-state index contributed by atoms with van der Waals surface area (Å²) < 4.78 is 6.02. The van der Waals surface area contributed by atoms with E-state index in [0.717, 1.165) is 88.2 Å². The highest BCUT2D eigenvalue weighted by molar-refractivity contribution is 5.62. The molecule has 0 amide bonds. The first kappa shape index (κ1) is 22.7. The minimum atomic E-state index is -0.0426. The van der Waals surface area contributed by atoms with E-state index in [1.807, 2.05) is 0 Å². The van der Waals surface area contributed by atoms with E-state index >= 15 is 0 Å². The zero-order valence-corrected chi connectivity index (χ0v) is 17.5. The SMILES string of the molecule is CCCCCOc1c(O)c(O)c(CCCC)c(CCCC)c1CCCC. The number of aromatic hydroxyl groups is 2. The maximum Gasteiger partial charge on any atom is 0.201 e. The normalized spacial score (nSPS) is 11.1. The number of rotatable bonds is 14. The second-order valence-corrected chi connectivity index (χ2v) is 7.33. The van der Waals surface area contributed by atoms with Crippen LogP contribution in [0.1, 0.15) is 102 Å². The molecular formula is C23H40O3. The van der Waals surface area contributed by atoms with E-state index in [4.69, 9.17) is 4.74 Å². The number of hydrogen-bond donors (Lipinski definition) is 2. The van der Waals surface area contributed by atoms with Crippen LogP contribution < -0.4 is 4.74 Å². The molecule has 3 heteroatoms. The van der Waals surface area contributed by atoms with E-state index in [0.29, 0.717) is 12.4 Å². The molecular weight excluding hydrogens is 324 g/mol. The molecule has 0 radical (unpaired) electrons. The highest BCUT2D eigenvalue weighted by atomic mass is 16.5. The fourth-order valence-electron chi connectivity index (χ4n) is 3.43. The summed E-state index contributed by atoms with van der Waals surface area (Å²) in [5, 5.41) is 21.4. The van der Waals surface area contributed by atoms with Crippen LogP contribution in [-0.2, 0) is 19.3 Å². The number of unbranched alkanes of at least 4 members (excludes halogenated alkanes) is 5. The lowest BCUT2D eigenvalue weighted by Crippen LogP contribution is -2.08. The van der Waals surface area contributed by atoms with Crippen molar-refractivity contribution in [3.63, 3.8) is 0 Å². The Kier molecular flexibility index (Phi) is 11.2. The predicted molar refractivity (Wildman–Crippen MR) is 111 cm³/mol. The van der Waals surface area contributed by atoms with Gasteiger partial charge in [-0.15, -0.1) is 0 Å². The Morgan fingerprint density at radius 3 is 1.62 bits per heavy atom. The third kappa shape index (κ3) is 6.41. The lowest BCUT2D eigenvalue weighted by molar-refractivity contribution is 0.280. The van der Waals surface area contributed by atoms with Crippen molar-refractivity contribution in [3.8, 4) is 17.2 Å². The van der Waals surface area contributed by atoms with Gasteiger partial charge in [0.05, 0.1) is 6.61 Å². The van der Waals surface area contributed by atoms with Gasteiger partial charge in [-0.1, -0.05) is 59.8 Å². The Balaban J connectivity index is 3.32.